The van der Waals surface area contributed by atoms with Crippen LogP contribution in [0.5, 0.6) is 5.75 Å². The van der Waals surface area contributed by atoms with E-state index in [-0.39, 0.29) is 35.7 Å². The maximum absolute atomic E-state index is 14.5. The number of rotatable bonds is 5. The molecule has 1 N–H and O–H groups in total. The summed E-state index contributed by atoms with van der Waals surface area (Å²) in [5.41, 5.74) is 1.70. The van der Waals surface area contributed by atoms with E-state index in [1.807, 2.05) is 0 Å². The van der Waals surface area contributed by atoms with Crippen LogP contribution in [0.3, 0.4) is 0 Å². The van der Waals surface area contributed by atoms with Gasteiger partial charge in [-0.15, -0.1) is 0 Å². The zero-order chi connectivity index (χ0) is 22.6. The number of nitrogens with zero attached hydrogens (tertiary/aromatic N) is 3. The van der Waals surface area contributed by atoms with Gasteiger partial charge in [-0.25, -0.2) is 33.0 Å². The molecular formula is C22H20F4N4O2. The molecule has 0 saturated heterocycles. The molecule has 3 aliphatic carbocycles. The lowest BCUT2D eigenvalue weighted by molar-refractivity contribution is -0.0183. The van der Waals surface area contributed by atoms with Gasteiger partial charge < -0.3 is 9.40 Å². The van der Waals surface area contributed by atoms with Crippen LogP contribution in [0.1, 0.15) is 37.8 Å². The first-order valence-electron chi connectivity index (χ1n) is 10.3. The molecule has 3 saturated carbocycles. The second kappa shape index (κ2) is 7.46. The SMILES string of the molecule is CC(F)(F)c1cccc(ONc2ncnc3cc(=O)n(C4C[C@@H](F)C5CC4C5)cc23)c1F. The van der Waals surface area contributed by atoms with Gasteiger partial charge in [-0.05, 0) is 43.2 Å². The van der Waals surface area contributed by atoms with Crippen LogP contribution in [0.15, 0.2) is 41.6 Å². The molecule has 0 amide bonds. The fraction of sp³-hybridized carbons (Fsp3) is 0.409. The molecule has 2 aromatic heterocycles. The third-order valence-electron chi connectivity index (χ3n) is 6.48. The first-order chi connectivity index (χ1) is 15.2. The van der Waals surface area contributed by atoms with E-state index < -0.39 is 29.2 Å². The zero-order valence-corrected chi connectivity index (χ0v) is 17.1. The Morgan fingerprint density at radius 2 is 1.97 bits per heavy atom. The molecule has 3 aliphatic rings. The van der Waals surface area contributed by atoms with Gasteiger partial charge in [0.2, 0.25) is 0 Å². The van der Waals surface area contributed by atoms with Crippen molar-refractivity contribution in [3.63, 3.8) is 0 Å². The smallest absolute Gasteiger partial charge is 0.273 e. The number of benzene rings is 1. The van der Waals surface area contributed by atoms with Gasteiger partial charge in [0, 0.05) is 25.2 Å². The predicted octanol–water partition coefficient (Wildman–Crippen LogP) is 4.76. The third-order valence-corrected chi connectivity index (χ3v) is 6.48. The summed E-state index contributed by atoms with van der Waals surface area (Å²) in [6, 6.07) is 4.51. The molecule has 2 heterocycles. The summed E-state index contributed by atoms with van der Waals surface area (Å²) >= 11 is 0. The molecule has 32 heavy (non-hydrogen) atoms. The van der Waals surface area contributed by atoms with Crippen molar-refractivity contribution >= 4 is 16.7 Å². The van der Waals surface area contributed by atoms with Gasteiger partial charge in [0.25, 0.3) is 11.5 Å². The van der Waals surface area contributed by atoms with Crippen LogP contribution in [0.4, 0.5) is 23.4 Å². The Balaban J connectivity index is 1.47. The Kier molecular flexibility index (Phi) is 4.83. The number of aromatic nitrogens is 3. The molecule has 2 atom stereocenters. The molecular weight excluding hydrogens is 428 g/mol. The number of hydrogen-bond donors (Lipinski definition) is 1. The van der Waals surface area contributed by atoms with Crippen molar-refractivity contribution in [2.45, 2.75) is 44.3 Å². The van der Waals surface area contributed by atoms with Crippen LogP contribution < -0.4 is 15.9 Å². The van der Waals surface area contributed by atoms with Crippen LogP contribution >= 0.6 is 0 Å². The van der Waals surface area contributed by atoms with Crippen molar-refractivity contribution in [1.29, 1.82) is 0 Å². The maximum atomic E-state index is 14.5. The Morgan fingerprint density at radius 3 is 2.69 bits per heavy atom. The number of fused-ring (bicyclic) bond motifs is 3. The minimum atomic E-state index is -3.38. The van der Waals surface area contributed by atoms with Crippen molar-refractivity contribution in [2.75, 3.05) is 5.48 Å². The number of pyridine rings is 1. The molecule has 0 aliphatic heterocycles. The first-order valence-corrected chi connectivity index (χ1v) is 10.3. The Bertz CT molecular complexity index is 1240. The summed E-state index contributed by atoms with van der Waals surface area (Å²) in [6.07, 6.45) is 3.59. The van der Waals surface area contributed by atoms with E-state index in [2.05, 4.69) is 15.4 Å². The second-order valence-corrected chi connectivity index (χ2v) is 8.56. The van der Waals surface area contributed by atoms with Crippen molar-refractivity contribution in [3.05, 3.63) is 58.5 Å². The average molecular weight is 448 g/mol. The topological polar surface area (TPSA) is 69.0 Å². The average Bonchev–Trinajstić information content (AvgIpc) is 2.70. The molecule has 10 heteroatoms. The highest BCUT2D eigenvalue weighted by atomic mass is 19.3. The van der Waals surface area contributed by atoms with Crippen LogP contribution in [-0.4, -0.2) is 20.7 Å². The molecule has 0 spiro atoms. The highest BCUT2D eigenvalue weighted by molar-refractivity contribution is 5.87. The molecule has 168 valence electrons. The number of anilines is 1. The van der Waals surface area contributed by atoms with Gasteiger partial charge in [0.1, 0.15) is 12.5 Å². The monoisotopic (exact) mass is 448 g/mol. The Hall–Kier alpha value is -3.17. The van der Waals surface area contributed by atoms with Gasteiger partial charge >= 0.3 is 0 Å². The normalized spacial score (nSPS) is 24.8. The minimum absolute atomic E-state index is 0.0857. The van der Waals surface area contributed by atoms with E-state index in [0.29, 0.717) is 17.8 Å². The number of alkyl halides is 3. The van der Waals surface area contributed by atoms with Gasteiger partial charge in [-0.1, -0.05) is 6.07 Å². The van der Waals surface area contributed by atoms with Gasteiger partial charge in [0.15, 0.2) is 17.4 Å². The van der Waals surface area contributed by atoms with Gasteiger partial charge in [-0.2, -0.15) is 0 Å². The molecule has 3 aromatic rings. The highest BCUT2D eigenvalue weighted by Gasteiger charge is 2.47. The summed E-state index contributed by atoms with van der Waals surface area (Å²) in [7, 11) is 0. The first kappa shape index (κ1) is 20.7. The Labute approximate surface area is 180 Å². The molecule has 2 bridgehead atoms. The fourth-order valence-electron chi connectivity index (χ4n) is 4.69. The Morgan fingerprint density at radius 1 is 1.19 bits per heavy atom. The van der Waals surface area contributed by atoms with Crippen LogP contribution in [0.2, 0.25) is 0 Å². The summed E-state index contributed by atoms with van der Waals surface area (Å²) in [5, 5.41) is 0.404. The molecule has 1 unspecified atom stereocenters. The summed E-state index contributed by atoms with van der Waals surface area (Å²) < 4.78 is 57.4. The number of hydrogen-bond acceptors (Lipinski definition) is 5. The lowest BCUT2D eigenvalue weighted by atomic mass is 9.61. The third kappa shape index (κ3) is 3.47. The van der Waals surface area contributed by atoms with Crippen molar-refractivity contribution in [1.82, 2.24) is 14.5 Å². The number of halogens is 4. The summed E-state index contributed by atoms with van der Waals surface area (Å²) in [6.45, 7) is 0.595. The van der Waals surface area contributed by atoms with Crippen LogP contribution in [0, 0.1) is 17.7 Å². The summed E-state index contributed by atoms with van der Waals surface area (Å²) in [4.78, 5) is 26.1. The van der Waals surface area contributed by atoms with E-state index in [9.17, 15) is 22.4 Å². The van der Waals surface area contributed by atoms with E-state index in [0.717, 1.165) is 18.9 Å². The zero-order valence-electron chi connectivity index (χ0n) is 17.1. The molecule has 0 radical (unpaired) electrons. The summed E-state index contributed by atoms with van der Waals surface area (Å²) in [5.74, 6) is -4.56. The molecule has 6 nitrogen and oxygen atoms in total. The molecule has 3 fully saturated rings. The van der Waals surface area contributed by atoms with Crippen molar-refractivity contribution in [2.24, 2.45) is 11.8 Å². The van der Waals surface area contributed by atoms with E-state index in [1.165, 1.54) is 29.1 Å². The molecule has 1 aromatic carbocycles. The van der Waals surface area contributed by atoms with Crippen molar-refractivity contribution in [3.8, 4) is 5.75 Å². The largest absolute Gasteiger partial charge is 0.378 e. The lowest BCUT2D eigenvalue weighted by Crippen LogP contribution is -2.46. The fourth-order valence-corrected chi connectivity index (χ4v) is 4.69. The van der Waals surface area contributed by atoms with Gasteiger partial charge in [-0.3, -0.25) is 4.79 Å². The lowest BCUT2D eigenvalue weighted by Gasteiger charge is -2.48. The van der Waals surface area contributed by atoms with E-state index in [1.54, 1.807) is 6.20 Å². The molecule has 6 rings (SSSR count). The minimum Gasteiger partial charge on any atom is -0.378 e. The van der Waals surface area contributed by atoms with Gasteiger partial charge in [0.05, 0.1) is 16.5 Å². The maximum Gasteiger partial charge on any atom is 0.273 e. The van der Waals surface area contributed by atoms with Crippen LogP contribution in [-0.2, 0) is 5.92 Å². The number of nitrogens with one attached hydrogen (secondary N) is 1. The van der Waals surface area contributed by atoms with Crippen molar-refractivity contribution < 1.29 is 22.4 Å². The predicted molar refractivity (Wildman–Crippen MR) is 109 cm³/mol. The highest BCUT2D eigenvalue weighted by Crippen LogP contribution is 2.52. The quantitative estimate of drug-likeness (QED) is 0.450. The van der Waals surface area contributed by atoms with Crippen LogP contribution in [0.25, 0.3) is 10.9 Å². The van der Waals surface area contributed by atoms with E-state index in [4.69, 9.17) is 4.84 Å². The van der Waals surface area contributed by atoms with E-state index >= 15 is 0 Å². The second-order valence-electron chi connectivity index (χ2n) is 8.56. The standard InChI is InChI=1S/C22H20F4N4O2/c1-22(25,26)14-3-2-4-18(20(14)24)32-29-21-13-9-30(19(31)8-16(13)27-10-28-21)17-7-15(23)11-5-12(17)6-11/h2-4,8-12,15,17H,5-7H2,1H3,(H,27,28,29)/t11?,12?,15-,17?/m1/s1.